The van der Waals surface area contributed by atoms with E-state index in [0.717, 1.165) is 5.56 Å². The maximum Gasteiger partial charge on any atom is 0.441 e. The molecule has 0 spiro atoms. The molecule has 0 saturated carbocycles. The molecule has 0 radical (unpaired) electrons. The van der Waals surface area contributed by atoms with Gasteiger partial charge in [0.05, 0.1) is 0 Å². The molecule has 1 aromatic carbocycles. The van der Waals surface area contributed by atoms with Crippen LogP contribution >= 0.6 is 11.8 Å². The van der Waals surface area contributed by atoms with E-state index in [1.165, 1.54) is 12.1 Å². The number of hydrogen-bond acceptors (Lipinski definition) is 2. The third-order valence-corrected chi connectivity index (χ3v) is 3.27. The van der Waals surface area contributed by atoms with Gasteiger partial charge in [0.15, 0.2) is 0 Å². The second kappa shape index (κ2) is 6.99. The normalized spacial score (nSPS) is 13.6. The summed E-state index contributed by atoms with van der Waals surface area (Å²) in [6, 6.07) is 6.01. The number of rotatable bonds is 6. The Morgan fingerprint density at radius 3 is 2.61 bits per heavy atom. The molecule has 1 unspecified atom stereocenters. The smallest absolute Gasteiger partial charge is 0.319 e. The molecule has 0 amide bonds. The second-order valence-corrected chi connectivity index (χ2v) is 5.05. The van der Waals surface area contributed by atoms with Crippen LogP contribution in [0.1, 0.15) is 17.9 Å². The fraction of sp³-hybridized carbons (Fsp3) is 0.500. The van der Waals surface area contributed by atoms with E-state index in [-0.39, 0.29) is 29.2 Å². The van der Waals surface area contributed by atoms with Gasteiger partial charge < -0.3 is 5.32 Å². The van der Waals surface area contributed by atoms with Gasteiger partial charge in [0.2, 0.25) is 0 Å². The van der Waals surface area contributed by atoms with Crippen LogP contribution in [-0.2, 0) is 0 Å². The predicted octanol–water partition coefficient (Wildman–Crippen LogP) is 3.77. The number of hydrogen-bond donors (Lipinski definition) is 1. The Balaban J connectivity index is 2.60. The maximum atomic E-state index is 13.1. The zero-order chi connectivity index (χ0) is 13.6. The average Bonchev–Trinajstić information content (AvgIpc) is 2.26. The highest BCUT2D eigenvalue weighted by molar-refractivity contribution is 8.00. The van der Waals surface area contributed by atoms with Crippen LogP contribution in [0.2, 0.25) is 0 Å². The van der Waals surface area contributed by atoms with Gasteiger partial charge in [-0.25, -0.2) is 4.39 Å². The first-order valence-corrected chi connectivity index (χ1v) is 6.51. The topological polar surface area (TPSA) is 12.0 Å². The van der Waals surface area contributed by atoms with Gasteiger partial charge in [0, 0.05) is 12.3 Å². The summed E-state index contributed by atoms with van der Waals surface area (Å²) in [5, 5.41) is 2.92. The van der Waals surface area contributed by atoms with Crippen molar-refractivity contribution in [1.82, 2.24) is 5.32 Å². The summed E-state index contributed by atoms with van der Waals surface area (Å²) in [4.78, 5) is 0. The highest BCUT2D eigenvalue weighted by Gasteiger charge is 2.28. The van der Waals surface area contributed by atoms with Gasteiger partial charge in [0.25, 0.3) is 0 Å². The van der Waals surface area contributed by atoms with E-state index in [4.69, 9.17) is 0 Å². The van der Waals surface area contributed by atoms with E-state index >= 15 is 0 Å². The Bertz CT molecular complexity index is 367. The number of likely N-dealkylation sites (N-methyl/N-ethyl adjacent to an activating group) is 1. The van der Waals surface area contributed by atoms with Gasteiger partial charge in [-0.2, -0.15) is 13.2 Å². The quantitative estimate of drug-likeness (QED) is 0.797. The molecule has 0 fully saturated rings. The molecule has 0 bridgehead atoms. The highest BCUT2D eigenvalue weighted by Crippen LogP contribution is 2.32. The molecule has 1 aromatic rings. The largest absolute Gasteiger partial charge is 0.441 e. The van der Waals surface area contributed by atoms with E-state index in [1.54, 1.807) is 19.2 Å². The van der Waals surface area contributed by atoms with Crippen LogP contribution in [0.5, 0.6) is 0 Å². The van der Waals surface area contributed by atoms with Crippen LogP contribution in [0.3, 0.4) is 0 Å². The Hall–Kier alpha value is -0.750. The second-order valence-electron chi connectivity index (χ2n) is 3.89. The summed E-state index contributed by atoms with van der Waals surface area (Å²) in [6.07, 6.45) is 0.356. The Kier molecular flexibility index (Phi) is 5.95. The molecule has 0 aromatic heterocycles. The molecule has 1 N–H and O–H groups in total. The summed E-state index contributed by atoms with van der Waals surface area (Å²) >= 11 is -0.0349. The summed E-state index contributed by atoms with van der Waals surface area (Å²) in [7, 11) is 1.73. The van der Waals surface area contributed by atoms with E-state index in [1.807, 2.05) is 0 Å². The fourth-order valence-corrected chi connectivity index (χ4v) is 2.34. The van der Waals surface area contributed by atoms with Crippen LogP contribution in [-0.4, -0.2) is 24.9 Å². The molecule has 1 rings (SSSR count). The molecular formula is C12H15F4NS. The number of benzene rings is 1. The molecule has 0 aliphatic heterocycles. The molecular weight excluding hydrogens is 266 g/mol. The van der Waals surface area contributed by atoms with Crippen LogP contribution in [0.15, 0.2) is 24.3 Å². The average molecular weight is 281 g/mol. The van der Waals surface area contributed by atoms with Crippen molar-refractivity contribution in [3.63, 3.8) is 0 Å². The third kappa shape index (κ3) is 5.73. The lowest BCUT2D eigenvalue weighted by Gasteiger charge is -2.17. The molecule has 102 valence electrons. The maximum absolute atomic E-state index is 13.1. The molecule has 1 atom stereocenters. The minimum atomic E-state index is -4.20. The minimum Gasteiger partial charge on any atom is -0.319 e. The van der Waals surface area contributed by atoms with E-state index in [2.05, 4.69) is 5.32 Å². The highest BCUT2D eigenvalue weighted by atomic mass is 32.2. The van der Waals surface area contributed by atoms with Crippen molar-refractivity contribution in [2.24, 2.45) is 0 Å². The first-order valence-electron chi connectivity index (χ1n) is 5.53. The zero-order valence-electron chi connectivity index (χ0n) is 9.93. The lowest BCUT2D eigenvalue weighted by molar-refractivity contribution is -0.0328. The molecule has 18 heavy (non-hydrogen) atoms. The van der Waals surface area contributed by atoms with Crippen molar-refractivity contribution in [3.8, 4) is 0 Å². The van der Waals surface area contributed by atoms with Gasteiger partial charge in [-0.1, -0.05) is 23.9 Å². The number of alkyl halides is 3. The van der Waals surface area contributed by atoms with Crippen molar-refractivity contribution < 1.29 is 17.6 Å². The zero-order valence-corrected chi connectivity index (χ0v) is 10.7. The lowest BCUT2D eigenvalue weighted by Crippen LogP contribution is -2.18. The molecule has 6 heteroatoms. The first-order chi connectivity index (χ1) is 8.42. The number of thioether (sulfide) groups is 1. The van der Waals surface area contributed by atoms with Gasteiger partial charge >= 0.3 is 5.51 Å². The SMILES string of the molecule is CNCC(CCSC(F)(F)F)c1cccc(F)c1. The van der Waals surface area contributed by atoms with E-state index in [0.29, 0.717) is 13.0 Å². The van der Waals surface area contributed by atoms with E-state index in [9.17, 15) is 17.6 Å². The standard InChI is InChI=1S/C12H15F4NS/c1-17-8-10(5-6-18-12(14,15)16)9-3-2-4-11(13)7-9/h2-4,7,10,17H,5-6,8H2,1H3. The van der Waals surface area contributed by atoms with Crippen LogP contribution < -0.4 is 5.32 Å². The van der Waals surface area contributed by atoms with Crippen molar-refractivity contribution in [2.75, 3.05) is 19.3 Å². The summed E-state index contributed by atoms with van der Waals surface area (Å²) in [6.45, 7) is 0.530. The molecule has 0 saturated heterocycles. The molecule has 0 aliphatic rings. The van der Waals surface area contributed by atoms with Crippen molar-refractivity contribution in [1.29, 1.82) is 0 Å². The van der Waals surface area contributed by atoms with E-state index < -0.39 is 5.51 Å². The third-order valence-electron chi connectivity index (χ3n) is 2.50. The summed E-state index contributed by atoms with van der Waals surface area (Å²) in [5.41, 5.74) is -3.47. The van der Waals surface area contributed by atoms with Crippen molar-refractivity contribution in [3.05, 3.63) is 35.6 Å². The monoisotopic (exact) mass is 281 g/mol. The first kappa shape index (κ1) is 15.3. The van der Waals surface area contributed by atoms with Gasteiger partial charge in [-0.15, -0.1) is 0 Å². The fourth-order valence-electron chi connectivity index (χ4n) is 1.71. The molecule has 1 nitrogen and oxygen atoms in total. The predicted molar refractivity (Wildman–Crippen MR) is 66.2 cm³/mol. The molecule has 0 aliphatic carbocycles. The van der Waals surface area contributed by atoms with Gasteiger partial charge in [-0.05, 0) is 37.1 Å². The number of halogens is 4. The van der Waals surface area contributed by atoms with Crippen LogP contribution in [0.25, 0.3) is 0 Å². The number of nitrogens with one attached hydrogen (secondary N) is 1. The Labute approximate surface area is 108 Å². The summed E-state index contributed by atoms with van der Waals surface area (Å²) in [5.74, 6) is -0.496. The van der Waals surface area contributed by atoms with Gasteiger partial charge in [0.1, 0.15) is 5.82 Å². The van der Waals surface area contributed by atoms with Crippen molar-refractivity contribution in [2.45, 2.75) is 17.8 Å². The van der Waals surface area contributed by atoms with Crippen molar-refractivity contribution >= 4 is 11.8 Å². The van der Waals surface area contributed by atoms with Crippen LogP contribution in [0, 0.1) is 5.82 Å². The van der Waals surface area contributed by atoms with Crippen LogP contribution in [0.4, 0.5) is 17.6 Å². The minimum absolute atomic E-state index is 0.0215. The van der Waals surface area contributed by atoms with Gasteiger partial charge in [-0.3, -0.25) is 0 Å². The Morgan fingerprint density at radius 1 is 1.33 bits per heavy atom. The molecule has 0 heterocycles. The lowest BCUT2D eigenvalue weighted by atomic mass is 9.96. The Morgan fingerprint density at radius 2 is 2.06 bits per heavy atom. The summed E-state index contributed by atoms with van der Waals surface area (Å²) < 4.78 is 49.2.